The van der Waals surface area contributed by atoms with Gasteiger partial charge in [0.2, 0.25) is 0 Å². The molecule has 22 heavy (non-hydrogen) atoms. The zero-order valence-corrected chi connectivity index (χ0v) is 14.0. The molecule has 2 aromatic rings. The van der Waals surface area contributed by atoms with E-state index in [0.29, 0.717) is 19.0 Å². The minimum absolute atomic E-state index is 0.166. The fraction of sp³-hybridized carbons (Fsp3) is 0.375. The summed E-state index contributed by atoms with van der Waals surface area (Å²) < 4.78 is 0. The Morgan fingerprint density at radius 2 is 2.09 bits per heavy atom. The maximum atomic E-state index is 11.9. The number of urea groups is 1. The quantitative estimate of drug-likeness (QED) is 0.861. The van der Waals surface area contributed by atoms with Crippen LogP contribution in [0.5, 0.6) is 0 Å². The van der Waals surface area contributed by atoms with E-state index in [2.05, 4.69) is 34.0 Å². The summed E-state index contributed by atoms with van der Waals surface area (Å²) in [7, 11) is 3.89. The van der Waals surface area contributed by atoms with E-state index in [1.807, 2.05) is 43.3 Å². The average molecular weight is 318 g/mol. The van der Waals surface area contributed by atoms with Crippen molar-refractivity contribution in [3.05, 3.63) is 46.3 Å². The monoisotopic (exact) mass is 318 g/mol. The van der Waals surface area contributed by atoms with E-state index in [9.17, 15) is 4.79 Å². The summed E-state index contributed by atoms with van der Waals surface area (Å²) in [5.41, 5.74) is 0.840. The molecule has 0 fully saturated rings. The third-order valence-electron chi connectivity index (χ3n) is 3.28. The van der Waals surface area contributed by atoms with E-state index in [1.165, 1.54) is 4.88 Å². The van der Waals surface area contributed by atoms with Crippen molar-refractivity contribution in [2.45, 2.75) is 19.4 Å². The Balaban J connectivity index is 1.77. The molecule has 0 aliphatic heterocycles. The van der Waals surface area contributed by atoms with Crippen LogP contribution in [-0.4, -0.2) is 31.7 Å². The normalized spacial score (nSPS) is 11.8. The fourth-order valence-corrected chi connectivity index (χ4v) is 2.75. The second kappa shape index (κ2) is 7.79. The third-order valence-corrected chi connectivity index (χ3v) is 4.38. The van der Waals surface area contributed by atoms with Gasteiger partial charge in [0.15, 0.2) is 0 Å². The van der Waals surface area contributed by atoms with Crippen molar-refractivity contribution in [1.29, 1.82) is 0 Å². The highest BCUT2D eigenvalue weighted by molar-refractivity contribution is 7.10. The minimum Gasteiger partial charge on any atom is -0.363 e. The van der Waals surface area contributed by atoms with Crippen LogP contribution in [0.25, 0.3) is 0 Å². The summed E-state index contributed by atoms with van der Waals surface area (Å²) >= 11 is 1.71. The van der Waals surface area contributed by atoms with Gasteiger partial charge in [-0.1, -0.05) is 19.1 Å². The summed E-state index contributed by atoms with van der Waals surface area (Å²) in [6, 6.07) is 9.73. The molecule has 0 spiro atoms. The van der Waals surface area contributed by atoms with E-state index in [0.717, 1.165) is 11.5 Å². The number of amides is 2. The summed E-state index contributed by atoms with van der Waals surface area (Å²) in [6.45, 7) is 3.15. The molecule has 6 heteroatoms. The van der Waals surface area contributed by atoms with Crippen molar-refractivity contribution in [2.24, 2.45) is 0 Å². The van der Waals surface area contributed by atoms with Gasteiger partial charge < -0.3 is 15.5 Å². The van der Waals surface area contributed by atoms with Crippen LogP contribution in [-0.2, 0) is 6.54 Å². The molecular formula is C16H22N4OS. The Morgan fingerprint density at radius 3 is 2.77 bits per heavy atom. The minimum atomic E-state index is -0.166. The van der Waals surface area contributed by atoms with E-state index in [-0.39, 0.29) is 6.03 Å². The standard InChI is InChI=1S/C16H22N4OS/c1-12(14-7-5-9-22-14)10-17-16(21)18-11-13-6-4-8-15(19-13)20(2)3/h4-9,12H,10-11H2,1-3H3,(H2,17,18,21)/t12-/m1/s1. The maximum Gasteiger partial charge on any atom is 0.315 e. The second-order valence-corrected chi connectivity index (χ2v) is 6.34. The Morgan fingerprint density at radius 1 is 1.27 bits per heavy atom. The average Bonchev–Trinajstić information content (AvgIpc) is 3.05. The van der Waals surface area contributed by atoms with Crippen molar-refractivity contribution in [3.63, 3.8) is 0 Å². The number of rotatable bonds is 6. The Kier molecular flexibility index (Phi) is 5.77. The fourth-order valence-electron chi connectivity index (χ4n) is 1.97. The third kappa shape index (κ3) is 4.73. The molecule has 2 aromatic heterocycles. The number of hydrogen-bond acceptors (Lipinski definition) is 4. The molecule has 0 aliphatic carbocycles. The van der Waals surface area contributed by atoms with Crippen molar-refractivity contribution in [3.8, 4) is 0 Å². The van der Waals surface area contributed by atoms with Gasteiger partial charge in [-0.05, 0) is 23.6 Å². The predicted molar refractivity (Wildman–Crippen MR) is 91.5 cm³/mol. The number of aromatic nitrogens is 1. The van der Waals surface area contributed by atoms with Crippen LogP contribution in [0.15, 0.2) is 35.7 Å². The van der Waals surface area contributed by atoms with Gasteiger partial charge in [0, 0.05) is 31.4 Å². The SMILES string of the molecule is C[C@H](CNC(=O)NCc1cccc(N(C)C)n1)c1cccs1. The van der Waals surface area contributed by atoms with Crippen molar-refractivity contribution in [1.82, 2.24) is 15.6 Å². The molecule has 2 amide bonds. The number of hydrogen-bond donors (Lipinski definition) is 2. The first-order valence-corrected chi connectivity index (χ1v) is 8.12. The van der Waals surface area contributed by atoms with Gasteiger partial charge in [-0.15, -0.1) is 11.3 Å². The van der Waals surface area contributed by atoms with Crippen LogP contribution in [0.2, 0.25) is 0 Å². The van der Waals surface area contributed by atoms with Crippen LogP contribution < -0.4 is 15.5 Å². The number of carbonyl (C=O) groups excluding carboxylic acids is 1. The molecular weight excluding hydrogens is 296 g/mol. The molecule has 0 aliphatic rings. The molecule has 5 nitrogen and oxygen atoms in total. The molecule has 0 bridgehead atoms. The van der Waals surface area contributed by atoms with Crippen LogP contribution in [0.1, 0.15) is 23.4 Å². The molecule has 0 aromatic carbocycles. The van der Waals surface area contributed by atoms with Gasteiger partial charge >= 0.3 is 6.03 Å². The molecule has 0 radical (unpaired) electrons. The lowest BCUT2D eigenvalue weighted by atomic mass is 10.1. The lowest BCUT2D eigenvalue weighted by Gasteiger charge is -2.14. The number of pyridine rings is 1. The highest BCUT2D eigenvalue weighted by atomic mass is 32.1. The summed E-state index contributed by atoms with van der Waals surface area (Å²) in [4.78, 5) is 19.5. The maximum absolute atomic E-state index is 11.9. The zero-order valence-electron chi connectivity index (χ0n) is 13.2. The number of anilines is 1. The van der Waals surface area contributed by atoms with Crippen LogP contribution in [0.3, 0.4) is 0 Å². The molecule has 0 saturated carbocycles. The molecule has 1 atom stereocenters. The van der Waals surface area contributed by atoms with E-state index >= 15 is 0 Å². The van der Waals surface area contributed by atoms with Gasteiger partial charge in [0.05, 0.1) is 12.2 Å². The number of nitrogens with zero attached hydrogens (tertiary/aromatic N) is 2. The Hall–Kier alpha value is -2.08. The number of carbonyl (C=O) groups is 1. The lowest BCUT2D eigenvalue weighted by Crippen LogP contribution is -2.37. The molecule has 2 N–H and O–H groups in total. The van der Waals surface area contributed by atoms with Gasteiger partial charge in [-0.25, -0.2) is 9.78 Å². The van der Waals surface area contributed by atoms with E-state index in [1.54, 1.807) is 11.3 Å². The van der Waals surface area contributed by atoms with Gasteiger partial charge in [0.25, 0.3) is 0 Å². The highest BCUT2D eigenvalue weighted by Crippen LogP contribution is 2.19. The van der Waals surface area contributed by atoms with Crippen molar-refractivity contribution in [2.75, 3.05) is 25.5 Å². The van der Waals surface area contributed by atoms with Gasteiger partial charge in [-0.3, -0.25) is 0 Å². The number of nitrogens with one attached hydrogen (secondary N) is 2. The van der Waals surface area contributed by atoms with Crippen molar-refractivity contribution < 1.29 is 4.79 Å². The first-order chi connectivity index (χ1) is 10.6. The smallest absolute Gasteiger partial charge is 0.315 e. The zero-order chi connectivity index (χ0) is 15.9. The lowest BCUT2D eigenvalue weighted by molar-refractivity contribution is 0.240. The Labute approximate surface area is 135 Å². The second-order valence-electron chi connectivity index (χ2n) is 5.36. The molecule has 0 unspecified atom stereocenters. The van der Waals surface area contributed by atoms with Gasteiger partial charge in [-0.2, -0.15) is 0 Å². The topological polar surface area (TPSA) is 57.3 Å². The molecule has 0 saturated heterocycles. The highest BCUT2D eigenvalue weighted by Gasteiger charge is 2.08. The van der Waals surface area contributed by atoms with Crippen LogP contribution in [0.4, 0.5) is 10.6 Å². The summed E-state index contributed by atoms with van der Waals surface area (Å²) in [5.74, 6) is 1.20. The Bertz CT molecular complexity index is 598. The van der Waals surface area contributed by atoms with Crippen LogP contribution in [0, 0.1) is 0 Å². The van der Waals surface area contributed by atoms with Crippen LogP contribution >= 0.6 is 11.3 Å². The van der Waals surface area contributed by atoms with E-state index < -0.39 is 0 Å². The first kappa shape index (κ1) is 16.3. The first-order valence-electron chi connectivity index (χ1n) is 7.24. The van der Waals surface area contributed by atoms with Gasteiger partial charge in [0.1, 0.15) is 5.82 Å². The number of thiophene rings is 1. The molecule has 2 heterocycles. The predicted octanol–water partition coefficient (Wildman–Crippen LogP) is 2.81. The molecule has 2 rings (SSSR count). The molecule has 118 valence electrons. The van der Waals surface area contributed by atoms with Crippen molar-refractivity contribution >= 4 is 23.2 Å². The summed E-state index contributed by atoms with van der Waals surface area (Å²) in [6.07, 6.45) is 0. The summed E-state index contributed by atoms with van der Waals surface area (Å²) in [5, 5.41) is 7.79. The largest absolute Gasteiger partial charge is 0.363 e. The van der Waals surface area contributed by atoms with E-state index in [4.69, 9.17) is 0 Å².